The van der Waals surface area contributed by atoms with Crippen LogP contribution >= 0.6 is 11.8 Å². The van der Waals surface area contributed by atoms with Gasteiger partial charge in [-0.15, -0.1) is 10.2 Å². The Labute approximate surface area is 122 Å². The minimum Gasteiger partial charge on any atom is -0.306 e. The summed E-state index contributed by atoms with van der Waals surface area (Å²) in [5.74, 6) is 1.54. The van der Waals surface area contributed by atoms with Gasteiger partial charge >= 0.3 is 0 Å². The van der Waals surface area contributed by atoms with Crippen molar-refractivity contribution in [1.82, 2.24) is 14.8 Å². The lowest BCUT2D eigenvalue weighted by Gasteiger charge is -2.12. The molecule has 0 N–H and O–H groups in total. The van der Waals surface area contributed by atoms with E-state index in [2.05, 4.69) is 28.6 Å². The predicted octanol–water partition coefficient (Wildman–Crippen LogP) is 4.17. The van der Waals surface area contributed by atoms with Crippen LogP contribution in [-0.4, -0.2) is 14.8 Å². The summed E-state index contributed by atoms with van der Waals surface area (Å²) in [6, 6.07) is 6.68. The van der Waals surface area contributed by atoms with E-state index in [-0.39, 0.29) is 11.1 Å². The van der Waals surface area contributed by atoms with Crippen molar-refractivity contribution in [3.05, 3.63) is 41.5 Å². The quantitative estimate of drug-likeness (QED) is 0.775. The maximum absolute atomic E-state index is 13.0. The molecular weight excluding hydrogens is 273 g/mol. The topological polar surface area (TPSA) is 30.7 Å². The number of thioether (sulfide) groups is 1. The zero-order valence-electron chi connectivity index (χ0n) is 11.7. The lowest BCUT2D eigenvalue weighted by atomic mass is 10.2. The molecule has 5 heteroatoms. The standard InChI is InChI=1S/C15H18FN3S/c1-3-19-14(12-4-5-12)17-18-15(19)20-10(2)11-6-8-13(16)9-7-11/h6-10,12H,3-5H2,1-2H3. The highest BCUT2D eigenvalue weighted by Crippen LogP contribution is 2.41. The van der Waals surface area contributed by atoms with Gasteiger partial charge in [0.1, 0.15) is 11.6 Å². The summed E-state index contributed by atoms with van der Waals surface area (Å²) in [4.78, 5) is 0. The number of hydrogen-bond acceptors (Lipinski definition) is 3. The molecule has 3 nitrogen and oxygen atoms in total. The summed E-state index contributed by atoms with van der Waals surface area (Å²) in [6.45, 7) is 5.14. The van der Waals surface area contributed by atoms with Crippen LogP contribution in [0, 0.1) is 5.82 Å². The Morgan fingerprint density at radius 2 is 2.00 bits per heavy atom. The smallest absolute Gasteiger partial charge is 0.191 e. The van der Waals surface area contributed by atoms with Gasteiger partial charge in [-0.1, -0.05) is 23.9 Å². The first-order chi connectivity index (χ1) is 9.69. The second kappa shape index (κ2) is 5.56. The third kappa shape index (κ3) is 2.73. The van der Waals surface area contributed by atoms with E-state index in [0.29, 0.717) is 5.92 Å². The third-order valence-corrected chi connectivity index (χ3v) is 4.76. The van der Waals surface area contributed by atoms with Crippen molar-refractivity contribution >= 4 is 11.8 Å². The summed E-state index contributed by atoms with van der Waals surface area (Å²) < 4.78 is 15.2. The van der Waals surface area contributed by atoms with Crippen molar-refractivity contribution in [1.29, 1.82) is 0 Å². The molecule has 1 fully saturated rings. The van der Waals surface area contributed by atoms with E-state index in [1.807, 2.05) is 12.1 Å². The average molecular weight is 291 g/mol. The molecule has 1 aliphatic carbocycles. The predicted molar refractivity (Wildman–Crippen MR) is 78.3 cm³/mol. The van der Waals surface area contributed by atoms with Crippen LogP contribution in [0.1, 0.15) is 49.2 Å². The molecule has 20 heavy (non-hydrogen) atoms. The van der Waals surface area contributed by atoms with Crippen molar-refractivity contribution in [3.8, 4) is 0 Å². The van der Waals surface area contributed by atoms with Gasteiger partial charge in [0.15, 0.2) is 5.16 Å². The molecule has 0 saturated heterocycles. The molecule has 106 valence electrons. The van der Waals surface area contributed by atoms with Crippen LogP contribution in [-0.2, 0) is 6.54 Å². The van der Waals surface area contributed by atoms with Gasteiger partial charge in [0.25, 0.3) is 0 Å². The minimum absolute atomic E-state index is 0.196. The van der Waals surface area contributed by atoms with E-state index >= 15 is 0 Å². The highest BCUT2D eigenvalue weighted by atomic mass is 32.2. The van der Waals surface area contributed by atoms with Gasteiger partial charge in [0, 0.05) is 17.7 Å². The number of aromatic nitrogens is 3. The Morgan fingerprint density at radius 3 is 2.60 bits per heavy atom. The van der Waals surface area contributed by atoms with Crippen LogP contribution in [0.3, 0.4) is 0 Å². The SMILES string of the molecule is CCn1c(SC(C)c2ccc(F)cc2)nnc1C1CC1. The Balaban J connectivity index is 1.78. The molecule has 1 aromatic carbocycles. The molecule has 1 unspecified atom stereocenters. The summed E-state index contributed by atoms with van der Waals surface area (Å²) >= 11 is 1.69. The van der Waals surface area contributed by atoms with E-state index in [4.69, 9.17) is 0 Å². The van der Waals surface area contributed by atoms with Gasteiger partial charge in [-0.2, -0.15) is 0 Å². The van der Waals surface area contributed by atoms with E-state index in [1.54, 1.807) is 11.8 Å². The van der Waals surface area contributed by atoms with Crippen LogP contribution in [0.4, 0.5) is 4.39 Å². The molecule has 1 atom stereocenters. The lowest BCUT2D eigenvalue weighted by molar-refractivity contribution is 0.627. The monoisotopic (exact) mass is 291 g/mol. The summed E-state index contributed by atoms with van der Waals surface area (Å²) in [7, 11) is 0. The van der Waals surface area contributed by atoms with Crippen molar-refractivity contribution in [2.45, 2.75) is 49.6 Å². The van der Waals surface area contributed by atoms with E-state index in [0.717, 1.165) is 23.1 Å². The molecule has 1 heterocycles. The van der Waals surface area contributed by atoms with Crippen molar-refractivity contribution in [2.24, 2.45) is 0 Å². The second-order valence-electron chi connectivity index (χ2n) is 5.17. The summed E-state index contributed by atoms with van der Waals surface area (Å²) in [5, 5.41) is 9.87. The van der Waals surface area contributed by atoms with Gasteiger partial charge in [-0.05, 0) is 44.4 Å². The lowest BCUT2D eigenvalue weighted by Crippen LogP contribution is -2.02. The van der Waals surface area contributed by atoms with Gasteiger partial charge in [-0.3, -0.25) is 0 Å². The maximum atomic E-state index is 13.0. The second-order valence-corrected chi connectivity index (χ2v) is 6.48. The maximum Gasteiger partial charge on any atom is 0.191 e. The molecular formula is C15H18FN3S. The molecule has 0 amide bonds. The van der Waals surface area contributed by atoms with Crippen LogP contribution in [0.5, 0.6) is 0 Å². The largest absolute Gasteiger partial charge is 0.306 e. The number of halogens is 1. The molecule has 1 aliphatic rings. The van der Waals surface area contributed by atoms with Crippen molar-refractivity contribution in [3.63, 3.8) is 0 Å². The average Bonchev–Trinajstić information content (AvgIpc) is 3.21. The van der Waals surface area contributed by atoms with Crippen LogP contribution in [0.25, 0.3) is 0 Å². The Kier molecular flexibility index (Phi) is 3.78. The summed E-state index contributed by atoms with van der Waals surface area (Å²) in [5.41, 5.74) is 1.11. The van der Waals surface area contributed by atoms with Gasteiger partial charge in [0.05, 0.1) is 0 Å². The van der Waals surface area contributed by atoms with Crippen LogP contribution in [0.2, 0.25) is 0 Å². The molecule has 0 spiro atoms. The fourth-order valence-electron chi connectivity index (χ4n) is 2.29. The van der Waals surface area contributed by atoms with E-state index < -0.39 is 0 Å². The molecule has 0 aliphatic heterocycles. The Hall–Kier alpha value is -1.36. The molecule has 1 saturated carbocycles. The fourth-order valence-corrected chi connectivity index (χ4v) is 3.34. The van der Waals surface area contributed by atoms with Gasteiger partial charge < -0.3 is 4.57 Å². The molecule has 1 aromatic heterocycles. The number of benzene rings is 1. The van der Waals surface area contributed by atoms with Gasteiger partial charge in [-0.25, -0.2) is 4.39 Å². The number of nitrogens with zero attached hydrogens (tertiary/aromatic N) is 3. The third-order valence-electron chi connectivity index (χ3n) is 3.63. The highest BCUT2D eigenvalue weighted by Gasteiger charge is 2.30. The normalized spacial score (nSPS) is 16.4. The highest BCUT2D eigenvalue weighted by molar-refractivity contribution is 7.99. The van der Waals surface area contributed by atoms with Crippen molar-refractivity contribution in [2.75, 3.05) is 0 Å². The van der Waals surface area contributed by atoms with Crippen LogP contribution in [0.15, 0.2) is 29.4 Å². The molecule has 0 bridgehead atoms. The number of hydrogen-bond donors (Lipinski definition) is 0. The zero-order chi connectivity index (χ0) is 14.1. The molecule has 2 aromatic rings. The molecule has 0 radical (unpaired) electrons. The first kappa shape index (κ1) is 13.6. The van der Waals surface area contributed by atoms with Crippen molar-refractivity contribution < 1.29 is 4.39 Å². The molecule has 3 rings (SSSR count). The Morgan fingerprint density at radius 1 is 1.30 bits per heavy atom. The Bertz CT molecular complexity index is 590. The minimum atomic E-state index is -0.196. The van der Waals surface area contributed by atoms with Gasteiger partial charge in [0.2, 0.25) is 0 Å². The van der Waals surface area contributed by atoms with E-state index in [9.17, 15) is 4.39 Å². The first-order valence-electron chi connectivity index (χ1n) is 7.04. The zero-order valence-corrected chi connectivity index (χ0v) is 12.5. The van der Waals surface area contributed by atoms with Crippen LogP contribution < -0.4 is 0 Å². The van der Waals surface area contributed by atoms with E-state index in [1.165, 1.54) is 25.0 Å². The summed E-state index contributed by atoms with van der Waals surface area (Å²) in [6.07, 6.45) is 2.46. The first-order valence-corrected chi connectivity index (χ1v) is 7.92. The number of rotatable bonds is 5. The fraction of sp³-hybridized carbons (Fsp3) is 0.467.